The fourth-order valence-electron chi connectivity index (χ4n) is 5.78. The highest BCUT2D eigenvalue weighted by atomic mass is 35.5. The molecule has 4 amide bonds. The number of nitrogens with one attached hydrogen (secondary N) is 6. The average Bonchev–Trinajstić information content (AvgIpc) is 3.15. The summed E-state index contributed by atoms with van der Waals surface area (Å²) >= 11 is 0. The summed E-state index contributed by atoms with van der Waals surface area (Å²) in [6.07, 6.45) is 7.80. The van der Waals surface area contributed by atoms with Crippen molar-refractivity contribution in [2.24, 2.45) is 0 Å². The summed E-state index contributed by atoms with van der Waals surface area (Å²) in [5, 5.41) is 19.3. The van der Waals surface area contributed by atoms with Crippen LogP contribution < -0.4 is 31.9 Å². The summed E-state index contributed by atoms with van der Waals surface area (Å²) in [7, 11) is 0. The van der Waals surface area contributed by atoms with E-state index >= 15 is 0 Å². The molecule has 0 atom stereocenters. The monoisotopic (exact) mass is 734 g/mol. The van der Waals surface area contributed by atoms with Gasteiger partial charge in [0.05, 0.1) is 12.1 Å². The Morgan fingerprint density at radius 1 is 0.373 bits per heavy atom. The lowest BCUT2D eigenvalue weighted by Gasteiger charge is -2.20. The molecule has 0 aliphatic heterocycles. The van der Waals surface area contributed by atoms with E-state index < -0.39 is 0 Å². The first kappa shape index (κ1) is 43.1. The lowest BCUT2D eigenvalue weighted by molar-refractivity contribution is 0.237. The molecule has 4 aromatic carbocycles. The van der Waals surface area contributed by atoms with E-state index in [9.17, 15) is 9.59 Å². The van der Waals surface area contributed by atoms with Crippen LogP contribution in [0.5, 0.6) is 0 Å². The zero-order valence-electron chi connectivity index (χ0n) is 29.5. The lowest BCUT2D eigenvalue weighted by Crippen LogP contribution is -2.39. The van der Waals surface area contributed by atoms with Crippen molar-refractivity contribution in [2.45, 2.75) is 57.0 Å². The summed E-state index contributed by atoms with van der Waals surface area (Å²) in [5.41, 5.74) is 4.24. The molecule has 0 aliphatic rings. The van der Waals surface area contributed by atoms with Crippen molar-refractivity contribution in [1.82, 2.24) is 31.9 Å². The number of amides is 4. The van der Waals surface area contributed by atoms with E-state index in [1.807, 2.05) is 121 Å². The Kier molecular flexibility index (Phi) is 22.5. The second-order valence-electron chi connectivity index (χ2n) is 12.3. The summed E-state index contributed by atoms with van der Waals surface area (Å²) in [5.74, 6) is 0. The Hall–Kier alpha value is -4.08. The van der Waals surface area contributed by atoms with E-state index in [1.54, 1.807) is 0 Å². The van der Waals surface area contributed by atoms with Gasteiger partial charge in [-0.1, -0.05) is 141 Å². The van der Waals surface area contributed by atoms with Crippen LogP contribution in [0.2, 0.25) is 0 Å². The van der Waals surface area contributed by atoms with Crippen molar-refractivity contribution in [3.05, 3.63) is 144 Å². The average molecular weight is 736 g/mol. The van der Waals surface area contributed by atoms with Crippen LogP contribution in [-0.4, -0.2) is 51.3 Å². The lowest BCUT2D eigenvalue weighted by atomic mass is 9.99. The molecule has 51 heavy (non-hydrogen) atoms. The Labute approximate surface area is 317 Å². The van der Waals surface area contributed by atoms with E-state index in [0.717, 1.165) is 61.3 Å². The SMILES string of the molecule is Cl.Cl.O=C(NCCCNCCCCCCCNCCCNC(=O)NC(c1ccccc1)c1ccccc1)NC(c1ccccc1)c1ccccc1. The highest BCUT2D eigenvalue weighted by Gasteiger charge is 2.17. The number of carbonyl (C=O) groups excluding carboxylic acids is 2. The van der Waals surface area contributed by atoms with Crippen LogP contribution in [0.1, 0.15) is 79.3 Å². The number of benzene rings is 4. The van der Waals surface area contributed by atoms with Gasteiger partial charge in [0.1, 0.15) is 0 Å². The molecule has 0 saturated heterocycles. The minimum absolute atomic E-state index is 0. The molecule has 0 aromatic heterocycles. The van der Waals surface area contributed by atoms with Gasteiger partial charge in [-0.3, -0.25) is 0 Å². The van der Waals surface area contributed by atoms with Crippen molar-refractivity contribution < 1.29 is 9.59 Å². The number of hydrogen-bond donors (Lipinski definition) is 6. The summed E-state index contributed by atoms with van der Waals surface area (Å²) in [6, 6.07) is 39.6. The maximum atomic E-state index is 12.6. The zero-order valence-corrected chi connectivity index (χ0v) is 31.2. The van der Waals surface area contributed by atoms with Crippen LogP contribution >= 0.6 is 24.8 Å². The molecule has 0 aliphatic carbocycles. The first-order valence-electron chi connectivity index (χ1n) is 17.9. The molecule has 4 rings (SSSR count). The standard InChI is InChI=1S/C41H54N6O2.2ClH/c48-40(46-38(34-20-8-4-9-21-34)35-22-10-5-11-23-35)44-32-18-30-42-28-16-2-1-3-17-29-43-31-19-33-45-41(49)47-39(36-24-12-6-13-25-36)37-26-14-7-15-27-37;;/h4-15,20-27,38-39,42-43H,1-3,16-19,28-33H2,(H2,44,46,48)(H2,45,47,49);2*1H. The minimum atomic E-state index is -0.182. The van der Waals surface area contributed by atoms with Crippen LogP contribution in [0.3, 0.4) is 0 Å². The number of unbranched alkanes of at least 4 members (excludes halogenated alkanes) is 4. The van der Waals surface area contributed by atoms with Crippen molar-refractivity contribution >= 4 is 36.9 Å². The molecule has 6 N–H and O–H groups in total. The fraction of sp³-hybridized carbons (Fsp3) is 0.366. The second-order valence-corrected chi connectivity index (χ2v) is 12.3. The smallest absolute Gasteiger partial charge is 0.315 e. The number of halogens is 2. The van der Waals surface area contributed by atoms with E-state index in [4.69, 9.17) is 0 Å². The topological polar surface area (TPSA) is 106 Å². The largest absolute Gasteiger partial charge is 0.338 e. The molecule has 276 valence electrons. The van der Waals surface area contributed by atoms with E-state index in [-0.39, 0.29) is 49.0 Å². The Morgan fingerprint density at radius 2 is 0.647 bits per heavy atom. The van der Waals surface area contributed by atoms with Crippen molar-refractivity contribution in [3.63, 3.8) is 0 Å². The first-order valence-corrected chi connectivity index (χ1v) is 17.9. The quantitative estimate of drug-likeness (QED) is 0.0462. The minimum Gasteiger partial charge on any atom is -0.338 e. The van der Waals surface area contributed by atoms with Gasteiger partial charge >= 0.3 is 12.1 Å². The molecule has 0 saturated carbocycles. The van der Waals surface area contributed by atoms with Crippen LogP contribution in [0.15, 0.2) is 121 Å². The van der Waals surface area contributed by atoms with Crippen molar-refractivity contribution in [3.8, 4) is 0 Å². The normalized spacial score (nSPS) is 10.5. The zero-order chi connectivity index (χ0) is 34.2. The molecule has 4 aromatic rings. The predicted molar refractivity (Wildman–Crippen MR) is 215 cm³/mol. The number of carbonyl (C=O) groups is 2. The van der Waals surface area contributed by atoms with Crippen LogP contribution in [0, 0.1) is 0 Å². The van der Waals surface area contributed by atoms with Gasteiger partial charge in [0, 0.05) is 13.1 Å². The maximum absolute atomic E-state index is 12.6. The highest BCUT2D eigenvalue weighted by molar-refractivity contribution is 5.85. The molecule has 8 nitrogen and oxygen atoms in total. The molecular weight excluding hydrogens is 679 g/mol. The molecule has 0 heterocycles. The Bertz CT molecular complexity index is 1260. The van der Waals surface area contributed by atoms with Crippen LogP contribution in [0.4, 0.5) is 9.59 Å². The van der Waals surface area contributed by atoms with Gasteiger partial charge in [0.25, 0.3) is 0 Å². The summed E-state index contributed by atoms with van der Waals surface area (Å²) in [6.45, 7) is 5.06. The maximum Gasteiger partial charge on any atom is 0.315 e. The van der Waals surface area contributed by atoms with Gasteiger partial charge in [-0.15, -0.1) is 24.8 Å². The van der Waals surface area contributed by atoms with E-state index in [1.165, 1.54) is 32.1 Å². The molecule has 0 fully saturated rings. The number of rotatable bonds is 22. The second kappa shape index (κ2) is 26.7. The van der Waals surface area contributed by atoms with Crippen LogP contribution in [-0.2, 0) is 0 Å². The van der Waals surface area contributed by atoms with Crippen molar-refractivity contribution in [1.29, 1.82) is 0 Å². The van der Waals surface area contributed by atoms with E-state index in [2.05, 4.69) is 31.9 Å². The first-order chi connectivity index (χ1) is 24.2. The van der Waals surface area contributed by atoms with Gasteiger partial charge in [0.2, 0.25) is 0 Å². The molecule has 0 unspecified atom stereocenters. The number of urea groups is 2. The third-order valence-electron chi connectivity index (χ3n) is 8.42. The van der Waals surface area contributed by atoms with Gasteiger partial charge in [-0.2, -0.15) is 0 Å². The van der Waals surface area contributed by atoms with E-state index in [0.29, 0.717) is 13.1 Å². The third kappa shape index (κ3) is 17.1. The Morgan fingerprint density at radius 3 is 0.961 bits per heavy atom. The van der Waals surface area contributed by atoms with Crippen molar-refractivity contribution in [2.75, 3.05) is 39.3 Å². The molecule has 0 spiro atoms. The number of hydrogen-bond acceptors (Lipinski definition) is 4. The summed E-state index contributed by atoms with van der Waals surface area (Å²) < 4.78 is 0. The highest BCUT2D eigenvalue weighted by Crippen LogP contribution is 2.22. The van der Waals surface area contributed by atoms with Gasteiger partial charge in [0.15, 0.2) is 0 Å². The molecular formula is C41H56Cl2N6O2. The third-order valence-corrected chi connectivity index (χ3v) is 8.42. The molecule has 0 radical (unpaired) electrons. The fourth-order valence-corrected chi connectivity index (χ4v) is 5.78. The Balaban J connectivity index is 0.00000451. The van der Waals surface area contributed by atoms with Crippen LogP contribution in [0.25, 0.3) is 0 Å². The summed E-state index contributed by atoms with van der Waals surface area (Å²) in [4.78, 5) is 25.2. The van der Waals surface area contributed by atoms with Gasteiger partial charge < -0.3 is 31.9 Å². The molecule has 10 heteroatoms. The molecule has 0 bridgehead atoms. The predicted octanol–water partition coefficient (Wildman–Crippen LogP) is 7.92. The van der Waals surface area contributed by atoms with Gasteiger partial charge in [-0.05, 0) is 74.1 Å². The van der Waals surface area contributed by atoms with Gasteiger partial charge in [-0.25, -0.2) is 9.59 Å².